The highest BCUT2D eigenvalue weighted by Gasteiger charge is 2.31. The molecule has 1 heterocycles. The summed E-state index contributed by atoms with van der Waals surface area (Å²) in [6.07, 6.45) is 4.08. The van der Waals surface area contributed by atoms with Gasteiger partial charge in [0, 0.05) is 18.5 Å². The van der Waals surface area contributed by atoms with E-state index in [9.17, 15) is 9.59 Å². The molecule has 3 rings (SSSR count). The Bertz CT molecular complexity index is 955. The molecule has 1 N–H and O–H groups in total. The Morgan fingerprint density at radius 1 is 1.21 bits per heavy atom. The maximum atomic E-state index is 12.8. The van der Waals surface area contributed by atoms with Crippen molar-refractivity contribution in [3.05, 3.63) is 46.9 Å². The third-order valence-electron chi connectivity index (χ3n) is 4.57. The molecule has 28 heavy (non-hydrogen) atoms. The molecule has 0 aromatic heterocycles. The smallest absolute Gasteiger partial charge is 0.303 e. The number of thioether (sulfide) groups is 1. The topological polar surface area (TPSA) is 66.8 Å². The molecule has 146 valence electrons. The van der Waals surface area contributed by atoms with Crippen LogP contribution in [-0.4, -0.2) is 39.9 Å². The summed E-state index contributed by atoms with van der Waals surface area (Å²) in [6, 6.07) is 11.9. The molecular formula is C21H21NO4S2. The number of fused-ring (bicyclic) bond motifs is 1. The number of carbonyl (C=O) groups is 2. The molecule has 1 saturated heterocycles. The first-order valence-electron chi connectivity index (χ1n) is 9.04. The molecule has 5 nitrogen and oxygen atoms in total. The second kappa shape index (κ2) is 9.21. The number of rotatable bonds is 8. The van der Waals surface area contributed by atoms with Gasteiger partial charge in [0.05, 0.1) is 12.0 Å². The highest BCUT2D eigenvalue weighted by Crippen LogP contribution is 2.37. The van der Waals surface area contributed by atoms with Gasteiger partial charge in [-0.05, 0) is 35.8 Å². The lowest BCUT2D eigenvalue weighted by atomic mass is 10.0. The minimum atomic E-state index is -0.794. The fourth-order valence-corrected chi connectivity index (χ4v) is 4.44. The van der Waals surface area contributed by atoms with Crippen LogP contribution in [0.4, 0.5) is 0 Å². The van der Waals surface area contributed by atoms with Crippen molar-refractivity contribution in [3.8, 4) is 5.75 Å². The first kappa shape index (κ1) is 20.4. The number of carboxylic acids is 1. The van der Waals surface area contributed by atoms with Gasteiger partial charge in [-0.25, -0.2) is 0 Å². The van der Waals surface area contributed by atoms with Crippen molar-refractivity contribution in [2.75, 3.05) is 13.7 Å². The number of hydrogen-bond acceptors (Lipinski definition) is 5. The Balaban J connectivity index is 1.79. The minimum absolute atomic E-state index is 0.108. The van der Waals surface area contributed by atoms with E-state index in [4.69, 9.17) is 22.1 Å². The summed E-state index contributed by atoms with van der Waals surface area (Å²) in [6.45, 7) is 0.508. The van der Waals surface area contributed by atoms with E-state index < -0.39 is 5.97 Å². The van der Waals surface area contributed by atoms with Crippen LogP contribution in [0.25, 0.3) is 16.8 Å². The molecule has 0 radical (unpaired) electrons. The second-order valence-corrected chi connectivity index (χ2v) is 8.12. The summed E-state index contributed by atoms with van der Waals surface area (Å²) >= 11 is 6.68. The number of unbranched alkanes of at least 4 members (excludes halogenated alkanes) is 2. The van der Waals surface area contributed by atoms with Gasteiger partial charge in [-0.2, -0.15) is 0 Å². The van der Waals surface area contributed by atoms with Crippen LogP contribution in [0.2, 0.25) is 0 Å². The normalized spacial score (nSPS) is 15.6. The van der Waals surface area contributed by atoms with E-state index in [1.807, 2.05) is 42.5 Å². The number of amides is 1. The van der Waals surface area contributed by atoms with E-state index in [1.165, 1.54) is 11.8 Å². The third kappa shape index (κ3) is 4.54. The molecule has 1 aliphatic rings. The average molecular weight is 416 g/mol. The molecule has 0 aliphatic carbocycles. The Hall–Kier alpha value is -2.38. The van der Waals surface area contributed by atoms with Gasteiger partial charge in [0.25, 0.3) is 5.91 Å². The van der Waals surface area contributed by atoms with Crippen molar-refractivity contribution in [1.82, 2.24) is 4.90 Å². The van der Waals surface area contributed by atoms with E-state index >= 15 is 0 Å². The van der Waals surface area contributed by atoms with Crippen LogP contribution in [0.15, 0.2) is 41.3 Å². The molecule has 2 aromatic rings. The zero-order valence-electron chi connectivity index (χ0n) is 15.5. The van der Waals surface area contributed by atoms with Gasteiger partial charge in [0.1, 0.15) is 10.1 Å². The Labute approximate surface area is 173 Å². The summed E-state index contributed by atoms with van der Waals surface area (Å²) in [5.74, 6) is -0.196. The molecule has 1 aliphatic heterocycles. The van der Waals surface area contributed by atoms with Crippen LogP contribution in [0.3, 0.4) is 0 Å². The number of carbonyl (C=O) groups excluding carboxylic acids is 1. The number of nitrogens with zero attached hydrogens (tertiary/aromatic N) is 1. The van der Waals surface area contributed by atoms with Gasteiger partial charge in [0.2, 0.25) is 0 Å². The third-order valence-corrected chi connectivity index (χ3v) is 5.95. The lowest BCUT2D eigenvalue weighted by molar-refractivity contribution is -0.137. The van der Waals surface area contributed by atoms with Crippen LogP contribution in [-0.2, 0) is 9.59 Å². The van der Waals surface area contributed by atoms with E-state index in [-0.39, 0.29) is 12.3 Å². The van der Waals surface area contributed by atoms with Gasteiger partial charge in [-0.15, -0.1) is 0 Å². The van der Waals surface area contributed by atoms with Crippen LogP contribution in [0, 0.1) is 0 Å². The number of benzene rings is 2. The molecule has 0 spiro atoms. The summed E-state index contributed by atoms with van der Waals surface area (Å²) in [5.41, 5.74) is 0.863. The van der Waals surface area contributed by atoms with Gasteiger partial charge in [-0.1, -0.05) is 60.7 Å². The maximum absolute atomic E-state index is 12.8. The van der Waals surface area contributed by atoms with E-state index in [0.717, 1.165) is 29.2 Å². The highest BCUT2D eigenvalue weighted by molar-refractivity contribution is 8.26. The van der Waals surface area contributed by atoms with Crippen LogP contribution < -0.4 is 4.74 Å². The second-order valence-electron chi connectivity index (χ2n) is 6.44. The lowest BCUT2D eigenvalue weighted by Gasteiger charge is -2.14. The van der Waals surface area contributed by atoms with Crippen molar-refractivity contribution < 1.29 is 19.4 Å². The van der Waals surface area contributed by atoms with Crippen molar-refractivity contribution in [1.29, 1.82) is 0 Å². The largest absolute Gasteiger partial charge is 0.496 e. The van der Waals surface area contributed by atoms with Crippen molar-refractivity contribution in [2.45, 2.75) is 25.7 Å². The van der Waals surface area contributed by atoms with E-state index in [2.05, 4.69) is 0 Å². The van der Waals surface area contributed by atoms with Crippen molar-refractivity contribution in [3.63, 3.8) is 0 Å². The van der Waals surface area contributed by atoms with Crippen LogP contribution in [0.1, 0.15) is 31.2 Å². The SMILES string of the molecule is COc1ccc2ccccc2c1/C=C1/SC(=S)N(CCCCCC(=O)O)C1=O. The molecule has 0 unspecified atom stereocenters. The predicted molar refractivity (Wildman–Crippen MR) is 116 cm³/mol. The van der Waals surface area contributed by atoms with Crippen LogP contribution >= 0.6 is 24.0 Å². The molecule has 1 amide bonds. The monoisotopic (exact) mass is 415 g/mol. The molecule has 0 saturated carbocycles. The van der Waals surface area contributed by atoms with Gasteiger partial charge in [0.15, 0.2) is 0 Å². The predicted octanol–water partition coefficient (Wildman–Crippen LogP) is 4.69. The lowest BCUT2D eigenvalue weighted by Crippen LogP contribution is -2.29. The number of ether oxygens (including phenoxy) is 1. The summed E-state index contributed by atoms with van der Waals surface area (Å²) < 4.78 is 6.04. The Morgan fingerprint density at radius 2 is 2.00 bits per heavy atom. The molecule has 2 aromatic carbocycles. The molecule has 1 fully saturated rings. The number of carboxylic acid groups (broad SMARTS) is 1. The number of thiocarbonyl (C=S) groups is 1. The highest BCUT2D eigenvalue weighted by atomic mass is 32.2. The fourth-order valence-electron chi connectivity index (χ4n) is 3.15. The Kier molecular flexibility index (Phi) is 6.70. The van der Waals surface area contributed by atoms with Crippen molar-refractivity contribution >= 4 is 57.0 Å². The summed E-state index contributed by atoms with van der Waals surface area (Å²) in [4.78, 5) is 25.6. The molecule has 0 bridgehead atoms. The summed E-state index contributed by atoms with van der Waals surface area (Å²) in [7, 11) is 1.61. The summed E-state index contributed by atoms with van der Waals surface area (Å²) in [5, 5.41) is 10.8. The van der Waals surface area contributed by atoms with E-state index in [0.29, 0.717) is 27.9 Å². The first-order chi connectivity index (χ1) is 13.5. The quantitative estimate of drug-likeness (QED) is 0.383. The Morgan fingerprint density at radius 3 is 2.75 bits per heavy atom. The standard InChI is InChI=1S/C21H21NO4S2/c1-26-17-11-10-14-7-4-5-8-15(14)16(17)13-18-20(25)22(21(27)28-18)12-6-2-3-9-19(23)24/h4-5,7-8,10-11,13H,2-3,6,9,12H2,1H3,(H,23,24)/b18-13+. The maximum Gasteiger partial charge on any atom is 0.303 e. The first-order valence-corrected chi connectivity index (χ1v) is 10.3. The zero-order valence-corrected chi connectivity index (χ0v) is 17.1. The van der Waals surface area contributed by atoms with E-state index in [1.54, 1.807) is 12.0 Å². The number of hydrogen-bond donors (Lipinski definition) is 1. The average Bonchev–Trinajstić information content (AvgIpc) is 2.95. The number of aliphatic carboxylic acids is 1. The molecule has 0 atom stereocenters. The van der Waals surface area contributed by atoms with Gasteiger partial charge in [-0.3, -0.25) is 14.5 Å². The van der Waals surface area contributed by atoms with Crippen LogP contribution in [0.5, 0.6) is 5.75 Å². The minimum Gasteiger partial charge on any atom is -0.496 e. The fraction of sp³-hybridized carbons (Fsp3) is 0.286. The van der Waals surface area contributed by atoms with Gasteiger partial charge >= 0.3 is 5.97 Å². The molecular weight excluding hydrogens is 394 g/mol. The molecule has 7 heteroatoms. The zero-order chi connectivity index (χ0) is 20.1. The van der Waals surface area contributed by atoms with Gasteiger partial charge < -0.3 is 9.84 Å². The van der Waals surface area contributed by atoms with Crippen molar-refractivity contribution in [2.24, 2.45) is 0 Å². The number of methoxy groups -OCH3 is 1.